The lowest BCUT2D eigenvalue weighted by molar-refractivity contribution is 0.207. The predicted molar refractivity (Wildman–Crippen MR) is 115 cm³/mol. The van der Waals surface area contributed by atoms with Gasteiger partial charge in [-0.25, -0.2) is 4.98 Å². The van der Waals surface area contributed by atoms with Crippen LogP contribution in [0, 0.1) is 0 Å². The van der Waals surface area contributed by atoms with Crippen LogP contribution in [-0.4, -0.2) is 42.1 Å². The minimum atomic E-state index is 0.681. The van der Waals surface area contributed by atoms with Crippen LogP contribution >= 0.6 is 12.6 Å². The minimum Gasteiger partial charge on any atom is -0.399 e. The zero-order chi connectivity index (χ0) is 18.7. The molecule has 0 radical (unpaired) electrons. The number of anilines is 1. The van der Waals surface area contributed by atoms with Crippen LogP contribution in [-0.2, 0) is 0 Å². The normalized spacial score (nSPS) is 20.8. The Morgan fingerprint density at radius 2 is 1.88 bits per heavy atom. The number of rotatable bonds is 4. The summed E-state index contributed by atoms with van der Waals surface area (Å²) >= 11 is 4.70. The molecule has 1 aromatic heterocycles. The molecule has 1 aromatic rings. The van der Waals surface area contributed by atoms with Gasteiger partial charge in [0.15, 0.2) is 0 Å². The van der Waals surface area contributed by atoms with Crippen molar-refractivity contribution in [2.24, 2.45) is 5.73 Å². The third-order valence-electron chi connectivity index (χ3n) is 5.58. The third-order valence-corrected chi connectivity index (χ3v) is 6.09. The van der Waals surface area contributed by atoms with Crippen LogP contribution in [0.4, 0.5) is 5.82 Å². The number of allylic oxidation sites excluding steroid dienone is 2. The maximum atomic E-state index is 5.98. The first-order valence-electron chi connectivity index (χ1n) is 9.52. The monoisotopic (exact) mass is 370 g/mol. The van der Waals surface area contributed by atoms with Gasteiger partial charge in [-0.15, -0.1) is 12.6 Å². The van der Waals surface area contributed by atoms with E-state index in [1.807, 2.05) is 25.2 Å². The number of nitrogens with two attached hydrogens (primary N) is 1. The maximum absolute atomic E-state index is 5.98. The van der Waals surface area contributed by atoms with Gasteiger partial charge in [0.2, 0.25) is 0 Å². The molecule has 2 saturated heterocycles. The number of likely N-dealkylation sites (tertiary alicyclic amines) is 1. The van der Waals surface area contributed by atoms with Gasteiger partial charge in [-0.2, -0.15) is 0 Å². The second kappa shape index (κ2) is 8.31. The van der Waals surface area contributed by atoms with Crippen molar-refractivity contribution in [2.75, 3.05) is 31.1 Å². The lowest BCUT2D eigenvalue weighted by Crippen LogP contribution is -2.45. The topological polar surface area (TPSA) is 45.4 Å². The maximum Gasteiger partial charge on any atom is 0.137 e. The Labute approximate surface area is 162 Å². The molecule has 4 nitrogen and oxygen atoms in total. The molecule has 140 valence electrons. The van der Waals surface area contributed by atoms with E-state index in [-0.39, 0.29) is 0 Å². The largest absolute Gasteiger partial charge is 0.399 e. The molecule has 0 aromatic carbocycles. The fraction of sp³-hybridized carbons (Fsp3) is 0.476. The highest BCUT2D eigenvalue weighted by Gasteiger charge is 2.27. The van der Waals surface area contributed by atoms with Gasteiger partial charge in [-0.05, 0) is 51.8 Å². The molecule has 0 atom stereocenters. The number of piperidine rings is 1. The zero-order valence-electron chi connectivity index (χ0n) is 15.7. The van der Waals surface area contributed by atoms with Crippen molar-refractivity contribution in [3.63, 3.8) is 0 Å². The Morgan fingerprint density at radius 3 is 2.46 bits per heavy atom. The van der Waals surface area contributed by atoms with Gasteiger partial charge in [0.05, 0.1) is 5.35 Å². The average molecular weight is 371 g/mol. The zero-order valence-corrected chi connectivity index (χ0v) is 16.6. The number of hydrogen-bond donors (Lipinski definition) is 2. The third kappa shape index (κ3) is 3.84. The highest BCUT2D eigenvalue weighted by molar-refractivity contribution is 7.80. The number of thiol groups is 1. The van der Waals surface area contributed by atoms with Gasteiger partial charge in [-0.3, -0.25) is 0 Å². The lowest BCUT2D eigenvalue weighted by atomic mass is 10.0. The fourth-order valence-corrected chi connectivity index (χ4v) is 4.28. The van der Waals surface area contributed by atoms with Crippen LogP contribution in [0.15, 0.2) is 23.2 Å². The van der Waals surface area contributed by atoms with Crippen molar-refractivity contribution in [3.8, 4) is 0 Å². The molecular weight excluding hydrogens is 340 g/mol. The van der Waals surface area contributed by atoms with Crippen molar-refractivity contribution in [3.05, 3.63) is 34.5 Å². The summed E-state index contributed by atoms with van der Waals surface area (Å²) in [6.07, 6.45) is 10.6. The first-order chi connectivity index (χ1) is 12.5. The van der Waals surface area contributed by atoms with Gasteiger partial charge in [0, 0.05) is 40.5 Å². The van der Waals surface area contributed by atoms with Crippen molar-refractivity contribution in [1.29, 1.82) is 0 Å². The molecule has 0 aliphatic carbocycles. The molecule has 2 fully saturated rings. The summed E-state index contributed by atoms with van der Waals surface area (Å²) in [6, 6.07) is 0.716. The van der Waals surface area contributed by atoms with Gasteiger partial charge in [-0.1, -0.05) is 25.3 Å². The van der Waals surface area contributed by atoms with E-state index >= 15 is 0 Å². The summed E-state index contributed by atoms with van der Waals surface area (Å²) in [4.78, 5) is 10.8. The van der Waals surface area contributed by atoms with E-state index in [2.05, 4.69) is 23.0 Å². The van der Waals surface area contributed by atoms with Crippen LogP contribution in [0.2, 0.25) is 0 Å². The van der Waals surface area contributed by atoms with E-state index in [9.17, 15) is 0 Å². The van der Waals surface area contributed by atoms with E-state index in [0.29, 0.717) is 11.7 Å². The standard InChI is InChI=1S/C21H30N4S/c1-4-16(22)14-19-15(3)20(26)18(5-2)21(23-19)25-12-8-17(9-13-25)24-10-6-7-11-24/h4-5,14,17,26H,2-3,6-13,22H2,1H3/b16-4+,19-14+. The van der Waals surface area contributed by atoms with Crippen LogP contribution < -0.4 is 21.2 Å². The summed E-state index contributed by atoms with van der Waals surface area (Å²) in [5.41, 5.74) is 7.63. The summed E-state index contributed by atoms with van der Waals surface area (Å²) in [5, 5.41) is 1.58. The molecule has 0 unspecified atom stereocenters. The highest BCUT2D eigenvalue weighted by atomic mass is 32.1. The SMILES string of the molecule is C=Cc1c(N2CCC(N3CCCC3)CC2)n/c(=C/C(N)=C\C)c(=C)c1S. The Bertz CT molecular complexity index is 800. The summed E-state index contributed by atoms with van der Waals surface area (Å²) in [5.74, 6) is 0.951. The highest BCUT2D eigenvalue weighted by Crippen LogP contribution is 2.27. The quantitative estimate of drug-likeness (QED) is 0.797. The Balaban J connectivity index is 1.90. The van der Waals surface area contributed by atoms with E-state index in [1.54, 1.807) is 0 Å². The van der Waals surface area contributed by atoms with Gasteiger partial charge in [0.1, 0.15) is 5.82 Å². The number of hydrogen-bond acceptors (Lipinski definition) is 5. The molecule has 0 spiro atoms. The molecule has 3 heterocycles. The van der Waals surface area contributed by atoms with Crippen molar-refractivity contribution in [1.82, 2.24) is 9.88 Å². The summed E-state index contributed by atoms with van der Waals surface area (Å²) in [7, 11) is 0. The van der Waals surface area contributed by atoms with E-state index in [0.717, 1.165) is 39.9 Å². The van der Waals surface area contributed by atoms with E-state index in [1.165, 1.54) is 38.8 Å². The first-order valence-corrected chi connectivity index (χ1v) is 9.96. The molecule has 26 heavy (non-hydrogen) atoms. The summed E-state index contributed by atoms with van der Waals surface area (Å²) in [6.45, 7) is 14.6. The van der Waals surface area contributed by atoms with Crippen LogP contribution in [0.5, 0.6) is 0 Å². The smallest absolute Gasteiger partial charge is 0.137 e. The Hall–Kier alpha value is -1.72. The molecule has 0 saturated carbocycles. The second-order valence-electron chi connectivity index (χ2n) is 7.16. The van der Waals surface area contributed by atoms with E-state index < -0.39 is 0 Å². The average Bonchev–Trinajstić information content (AvgIpc) is 3.20. The molecule has 3 rings (SSSR count). The number of nitrogens with zero attached hydrogens (tertiary/aromatic N) is 3. The lowest BCUT2D eigenvalue weighted by Gasteiger charge is -2.37. The van der Waals surface area contributed by atoms with Crippen LogP contribution in [0.3, 0.4) is 0 Å². The van der Waals surface area contributed by atoms with Crippen LogP contribution in [0.1, 0.15) is 38.2 Å². The Morgan fingerprint density at radius 1 is 1.23 bits per heavy atom. The molecule has 0 amide bonds. The van der Waals surface area contributed by atoms with Crippen molar-refractivity contribution in [2.45, 2.75) is 43.5 Å². The number of pyridine rings is 1. The van der Waals surface area contributed by atoms with Gasteiger partial charge in [0.25, 0.3) is 0 Å². The molecule has 2 aliphatic rings. The molecule has 2 aliphatic heterocycles. The molecule has 0 bridgehead atoms. The van der Waals surface area contributed by atoms with Gasteiger partial charge < -0.3 is 15.5 Å². The predicted octanol–water partition coefficient (Wildman–Crippen LogP) is 2.13. The first kappa shape index (κ1) is 19.1. The molecular formula is C21H30N4S. The molecule has 2 N–H and O–H groups in total. The van der Waals surface area contributed by atoms with E-state index in [4.69, 9.17) is 23.3 Å². The fourth-order valence-electron chi connectivity index (χ4n) is 3.97. The molecule has 5 heteroatoms. The second-order valence-corrected chi connectivity index (χ2v) is 7.61. The van der Waals surface area contributed by atoms with Gasteiger partial charge >= 0.3 is 0 Å². The van der Waals surface area contributed by atoms with Crippen LogP contribution in [0.25, 0.3) is 18.7 Å². The van der Waals surface area contributed by atoms with Crippen molar-refractivity contribution < 1.29 is 0 Å². The minimum absolute atomic E-state index is 0.681. The summed E-state index contributed by atoms with van der Waals surface area (Å²) < 4.78 is 0. The van der Waals surface area contributed by atoms with Crippen molar-refractivity contribution >= 4 is 37.2 Å². The Kier molecular flexibility index (Phi) is 6.09. The number of aromatic nitrogens is 1.